The minimum absolute atomic E-state index is 0.151. The number of amides is 1. The van der Waals surface area contributed by atoms with E-state index < -0.39 is 0 Å². The molecule has 136 valence electrons. The fourth-order valence-electron chi connectivity index (χ4n) is 3.17. The molecule has 1 aromatic heterocycles. The maximum absolute atomic E-state index is 12.6. The molecule has 0 saturated carbocycles. The van der Waals surface area contributed by atoms with Gasteiger partial charge in [0.15, 0.2) is 5.76 Å². The van der Waals surface area contributed by atoms with Crippen LogP contribution in [0.1, 0.15) is 23.0 Å². The summed E-state index contributed by atoms with van der Waals surface area (Å²) >= 11 is 0. The van der Waals surface area contributed by atoms with Crippen molar-refractivity contribution in [3.05, 3.63) is 78.1 Å². The first-order valence-corrected chi connectivity index (χ1v) is 9.02. The first-order valence-electron chi connectivity index (χ1n) is 9.02. The minimum atomic E-state index is -0.240. The summed E-state index contributed by atoms with van der Waals surface area (Å²) in [5.74, 6) is 0.897. The van der Waals surface area contributed by atoms with Gasteiger partial charge in [-0.05, 0) is 48.4 Å². The maximum Gasteiger partial charge on any atom is 0.287 e. The smallest absolute Gasteiger partial charge is 0.287 e. The molecule has 1 atom stereocenters. The van der Waals surface area contributed by atoms with Crippen LogP contribution in [0, 0.1) is 6.92 Å². The van der Waals surface area contributed by atoms with Gasteiger partial charge in [-0.2, -0.15) is 0 Å². The zero-order valence-corrected chi connectivity index (χ0v) is 15.4. The summed E-state index contributed by atoms with van der Waals surface area (Å²) in [4.78, 5) is 12.6. The van der Waals surface area contributed by atoms with E-state index in [9.17, 15) is 4.79 Å². The number of para-hydroxylation sites is 1. The molecule has 0 aliphatic heterocycles. The molecule has 4 rings (SSSR count). The molecule has 4 aromatic rings. The van der Waals surface area contributed by atoms with Crippen molar-refractivity contribution in [3.8, 4) is 5.75 Å². The average Bonchev–Trinajstić information content (AvgIpc) is 3.12. The molecule has 0 radical (unpaired) electrons. The Bertz CT molecular complexity index is 1110. The van der Waals surface area contributed by atoms with Crippen LogP contribution in [-0.4, -0.2) is 18.6 Å². The van der Waals surface area contributed by atoms with Gasteiger partial charge in [-0.1, -0.05) is 48.5 Å². The molecular formula is C23H21NO3. The maximum atomic E-state index is 12.6. The van der Waals surface area contributed by atoms with Crippen molar-refractivity contribution in [2.75, 3.05) is 6.61 Å². The first-order chi connectivity index (χ1) is 13.1. The van der Waals surface area contributed by atoms with Crippen LogP contribution in [0.4, 0.5) is 0 Å². The molecular weight excluding hydrogens is 338 g/mol. The number of hydrogen-bond donors (Lipinski definition) is 1. The highest BCUT2D eigenvalue weighted by Crippen LogP contribution is 2.28. The fourth-order valence-corrected chi connectivity index (χ4v) is 3.17. The zero-order chi connectivity index (χ0) is 18.8. The molecule has 0 fully saturated rings. The monoisotopic (exact) mass is 359 g/mol. The Labute approximate surface area is 157 Å². The van der Waals surface area contributed by atoms with Crippen molar-refractivity contribution in [2.45, 2.75) is 19.9 Å². The zero-order valence-electron chi connectivity index (χ0n) is 15.4. The predicted octanol–water partition coefficient (Wildman–Crippen LogP) is 5.09. The Morgan fingerprint density at radius 3 is 2.67 bits per heavy atom. The van der Waals surface area contributed by atoms with E-state index >= 15 is 0 Å². The third kappa shape index (κ3) is 3.51. The van der Waals surface area contributed by atoms with Gasteiger partial charge < -0.3 is 14.5 Å². The van der Waals surface area contributed by atoms with E-state index in [0.717, 1.165) is 27.5 Å². The summed E-state index contributed by atoms with van der Waals surface area (Å²) in [7, 11) is 0. The lowest BCUT2D eigenvalue weighted by atomic mass is 10.1. The highest BCUT2D eigenvalue weighted by molar-refractivity contribution is 6.08. The second-order valence-corrected chi connectivity index (χ2v) is 6.76. The van der Waals surface area contributed by atoms with Gasteiger partial charge in [0.25, 0.3) is 5.91 Å². The van der Waals surface area contributed by atoms with Crippen LogP contribution >= 0.6 is 0 Å². The lowest BCUT2D eigenvalue weighted by molar-refractivity contribution is 0.0901. The van der Waals surface area contributed by atoms with Crippen LogP contribution in [0.2, 0.25) is 0 Å². The Kier molecular flexibility index (Phi) is 4.55. The van der Waals surface area contributed by atoms with Crippen LogP contribution in [-0.2, 0) is 0 Å². The summed E-state index contributed by atoms with van der Waals surface area (Å²) in [5, 5.41) is 6.08. The summed E-state index contributed by atoms with van der Waals surface area (Å²) in [6.07, 6.45) is 0. The summed E-state index contributed by atoms with van der Waals surface area (Å²) < 4.78 is 11.6. The van der Waals surface area contributed by atoms with E-state index in [1.165, 1.54) is 0 Å². The average molecular weight is 359 g/mol. The quantitative estimate of drug-likeness (QED) is 0.540. The normalized spacial score (nSPS) is 12.2. The van der Waals surface area contributed by atoms with Gasteiger partial charge in [0.1, 0.15) is 17.9 Å². The number of benzene rings is 3. The summed E-state index contributed by atoms with van der Waals surface area (Å²) in [6, 6.07) is 21.5. The van der Waals surface area contributed by atoms with Crippen molar-refractivity contribution in [1.82, 2.24) is 5.32 Å². The number of hydrogen-bond acceptors (Lipinski definition) is 3. The largest absolute Gasteiger partial charge is 0.491 e. The number of fused-ring (bicyclic) bond motifs is 3. The van der Waals surface area contributed by atoms with Crippen molar-refractivity contribution in [1.29, 1.82) is 0 Å². The minimum Gasteiger partial charge on any atom is -0.491 e. The Hall–Kier alpha value is -3.27. The van der Waals surface area contributed by atoms with Gasteiger partial charge in [-0.25, -0.2) is 0 Å². The molecule has 0 spiro atoms. The van der Waals surface area contributed by atoms with Gasteiger partial charge in [0.05, 0.1) is 6.04 Å². The number of furan rings is 1. The number of nitrogens with one attached hydrogen (secondary N) is 1. The molecule has 0 unspecified atom stereocenters. The van der Waals surface area contributed by atoms with E-state index in [4.69, 9.17) is 9.15 Å². The highest BCUT2D eigenvalue weighted by atomic mass is 16.5. The Morgan fingerprint density at radius 2 is 1.81 bits per heavy atom. The molecule has 3 aromatic carbocycles. The second-order valence-electron chi connectivity index (χ2n) is 6.76. The molecule has 27 heavy (non-hydrogen) atoms. The summed E-state index contributed by atoms with van der Waals surface area (Å²) in [6.45, 7) is 4.30. The Morgan fingerprint density at radius 1 is 1.04 bits per heavy atom. The fraction of sp³-hybridized carbons (Fsp3) is 0.174. The highest BCUT2D eigenvalue weighted by Gasteiger charge is 2.16. The van der Waals surface area contributed by atoms with Crippen LogP contribution in [0.5, 0.6) is 5.75 Å². The van der Waals surface area contributed by atoms with Crippen LogP contribution in [0.3, 0.4) is 0 Å². The number of carbonyl (C=O) groups is 1. The van der Waals surface area contributed by atoms with Crippen molar-refractivity contribution < 1.29 is 13.9 Å². The van der Waals surface area contributed by atoms with Crippen molar-refractivity contribution in [3.63, 3.8) is 0 Å². The number of ether oxygens (including phenoxy) is 1. The van der Waals surface area contributed by atoms with Gasteiger partial charge in [-0.15, -0.1) is 0 Å². The second kappa shape index (κ2) is 7.16. The molecule has 1 N–H and O–H groups in total. The summed E-state index contributed by atoms with van der Waals surface area (Å²) in [5.41, 5.74) is 1.78. The lowest BCUT2D eigenvalue weighted by Crippen LogP contribution is -2.36. The predicted molar refractivity (Wildman–Crippen MR) is 107 cm³/mol. The van der Waals surface area contributed by atoms with E-state index in [2.05, 4.69) is 5.32 Å². The SMILES string of the molecule is Cc1ccccc1OC[C@@H](C)NC(=O)c1cc2c(ccc3ccccc32)o1. The van der Waals surface area contributed by atoms with Gasteiger partial charge >= 0.3 is 0 Å². The molecule has 0 saturated heterocycles. The van der Waals surface area contributed by atoms with Gasteiger partial charge in [0, 0.05) is 5.39 Å². The third-order valence-electron chi connectivity index (χ3n) is 4.61. The third-order valence-corrected chi connectivity index (χ3v) is 4.61. The molecule has 1 heterocycles. The molecule has 0 aliphatic rings. The molecule has 0 bridgehead atoms. The number of carbonyl (C=O) groups excluding carboxylic acids is 1. The van der Waals surface area contributed by atoms with Gasteiger partial charge in [0.2, 0.25) is 0 Å². The van der Waals surface area contributed by atoms with Gasteiger partial charge in [-0.3, -0.25) is 4.79 Å². The molecule has 0 aliphatic carbocycles. The van der Waals surface area contributed by atoms with E-state index in [-0.39, 0.29) is 11.9 Å². The van der Waals surface area contributed by atoms with Crippen LogP contribution in [0.15, 0.2) is 71.1 Å². The van der Waals surface area contributed by atoms with E-state index in [1.54, 1.807) is 0 Å². The van der Waals surface area contributed by atoms with Crippen molar-refractivity contribution >= 4 is 27.6 Å². The van der Waals surface area contributed by atoms with Crippen LogP contribution in [0.25, 0.3) is 21.7 Å². The van der Waals surface area contributed by atoms with E-state index in [0.29, 0.717) is 18.0 Å². The van der Waals surface area contributed by atoms with Crippen LogP contribution < -0.4 is 10.1 Å². The number of rotatable bonds is 5. The topological polar surface area (TPSA) is 51.5 Å². The lowest BCUT2D eigenvalue weighted by Gasteiger charge is -2.15. The number of aryl methyl sites for hydroxylation is 1. The van der Waals surface area contributed by atoms with Crippen molar-refractivity contribution in [2.24, 2.45) is 0 Å². The van der Waals surface area contributed by atoms with E-state index in [1.807, 2.05) is 80.6 Å². The Balaban J connectivity index is 1.48. The molecule has 4 heteroatoms. The molecule has 4 nitrogen and oxygen atoms in total. The standard InChI is InChI=1S/C23H21NO3/c1-15-7-3-6-10-20(15)26-14-16(2)24-23(25)22-13-19-18-9-5-4-8-17(18)11-12-21(19)27-22/h3-13,16H,14H2,1-2H3,(H,24,25)/t16-/m1/s1. The first kappa shape index (κ1) is 17.2. The molecule has 1 amide bonds.